The molecule has 0 aliphatic carbocycles. The molecule has 1 amide bonds. The molecule has 2 N–H and O–H groups in total. The summed E-state index contributed by atoms with van der Waals surface area (Å²) in [5.41, 5.74) is -0.829. The van der Waals surface area contributed by atoms with Crippen molar-refractivity contribution in [1.82, 2.24) is 5.32 Å². The molecule has 1 atom stereocenters. The van der Waals surface area contributed by atoms with Crippen LogP contribution in [0.25, 0.3) is 0 Å². The number of rotatable bonds is 5. The van der Waals surface area contributed by atoms with Gasteiger partial charge in [0.2, 0.25) is 5.91 Å². The summed E-state index contributed by atoms with van der Waals surface area (Å²) >= 11 is 6.07. The number of nitrogens with one attached hydrogen (secondary N) is 1. The van der Waals surface area contributed by atoms with Crippen molar-refractivity contribution < 1.29 is 24.2 Å². The van der Waals surface area contributed by atoms with E-state index in [0.29, 0.717) is 22.9 Å². The summed E-state index contributed by atoms with van der Waals surface area (Å²) in [6, 6.07) is 5.06. The molecule has 0 radical (unpaired) electrons. The van der Waals surface area contributed by atoms with Crippen molar-refractivity contribution in [2.45, 2.75) is 18.4 Å². The molecule has 1 aliphatic rings. The maximum Gasteiger partial charge on any atom is 0.331 e. The first-order valence-electron chi connectivity index (χ1n) is 6.42. The van der Waals surface area contributed by atoms with E-state index in [1.807, 2.05) is 0 Å². The number of carbonyl (C=O) groups excluding carboxylic acids is 1. The fourth-order valence-corrected chi connectivity index (χ4v) is 2.49. The largest absolute Gasteiger partial charge is 0.496 e. The Labute approximate surface area is 127 Å². The lowest BCUT2D eigenvalue weighted by Crippen LogP contribution is -2.55. The van der Waals surface area contributed by atoms with E-state index < -0.39 is 17.4 Å². The Hall–Kier alpha value is -1.79. The zero-order valence-corrected chi connectivity index (χ0v) is 12.3. The SMILES string of the molecule is COc1cccc(Cl)c1CC(=O)NC1(C(=O)O)CCOC1. The summed E-state index contributed by atoms with van der Waals surface area (Å²) < 4.78 is 10.3. The van der Waals surface area contributed by atoms with Crippen molar-refractivity contribution in [3.63, 3.8) is 0 Å². The third-order valence-corrected chi connectivity index (χ3v) is 3.80. The van der Waals surface area contributed by atoms with Crippen LogP contribution in [0.15, 0.2) is 18.2 Å². The highest BCUT2D eigenvalue weighted by atomic mass is 35.5. The number of methoxy groups -OCH3 is 1. The molecule has 7 heteroatoms. The third kappa shape index (κ3) is 3.28. The molecule has 0 aromatic heterocycles. The molecule has 0 bridgehead atoms. The van der Waals surface area contributed by atoms with Crippen molar-refractivity contribution >= 4 is 23.5 Å². The lowest BCUT2D eigenvalue weighted by atomic mass is 9.98. The van der Waals surface area contributed by atoms with Crippen LogP contribution in [0, 0.1) is 0 Å². The minimum absolute atomic E-state index is 0.0340. The van der Waals surface area contributed by atoms with Crippen LogP contribution in [0.5, 0.6) is 5.75 Å². The molecule has 1 aromatic carbocycles. The number of benzene rings is 1. The van der Waals surface area contributed by atoms with Gasteiger partial charge in [-0.1, -0.05) is 17.7 Å². The molecule has 114 valence electrons. The number of hydrogen-bond acceptors (Lipinski definition) is 4. The van der Waals surface area contributed by atoms with Gasteiger partial charge in [0, 0.05) is 23.6 Å². The predicted molar refractivity (Wildman–Crippen MR) is 75.7 cm³/mol. The molecule has 2 rings (SSSR count). The molecule has 0 spiro atoms. The van der Waals surface area contributed by atoms with Crippen LogP contribution in [0.2, 0.25) is 5.02 Å². The van der Waals surface area contributed by atoms with Gasteiger partial charge in [0.15, 0.2) is 5.54 Å². The van der Waals surface area contributed by atoms with Gasteiger partial charge in [0.05, 0.1) is 20.1 Å². The maximum absolute atomic E-state index is 12.2. The molecule has 6 nitrogen and oxygen atoms in total. The van der Waals surface area contributed by atoms with E-state index in [9.17, 15) is 14.7 Å². The summed E-state index contributed by atoms with van der Waals surface area (Å²) in [6.07, 6.45) is 0.186. The summed E-state index contributed by atoms with van der Waals surface area (Å²) in [6.45, 7) is 0.274. The van der Waals surface area contributed by atoms with Gasteiger partial charge in [0.1, 0.15) is 5.75 Å². The molecular formula is C14H16ClNO5. The zero-order chi connectivity index (χ0) is 15.5. The van der Waals surface area contributed by atoms with Crippen LogP contribution >= 0.6 is 11.6 Å². The van der Waals surface area contributed by atoms with E-state index in [4.69, 9.17) is 21.1 Å². The first kappa shape index (κ1) is 15.6. The van der Waals surface area contributed by atoms with Crippen LogP contribution in [0.1, 0.15) is 12.0 Å². The monoisotopic (exact) mass is 313 g/mol. The van der Waals surface area contributed by atoms with E-state index in [2.05, 4.69) is 5.32 Å². The third-order valence-electron chi connectivity index (χ3n) is 3.44. The van der Waals surface area contributed by atoms with Crippen molar-refractivity contribution in [2.75, 3.05) is 20.3 Å². The summed E-state index contributed by atoms with van der Waals surface area (Å²) in [4.78, 5) is 23.5. The van der Waals surface area contributed by atoms with E-state index in [-0.39, 0.29) is 19.4 Å². The van der Waals surface area contributed by atoms with Crippen LogP contribution in [-0.4, -0.2) is 42.8 Å². The number of carbonyl (C=O) groups is 2. The Bertz CT molecular complexity index is 554. The predicted octanol–water partition coefficient (Wildman–Crippen LogP) is 1.25. The van der Waals surface area contributed by atoms with E-state index in [1.54, 1.807) is 18.2 Å². The van der Waals surface area contributed by atoms with Crippen molar-refractivity contribution in [2.24, 2.45) is 0 Å². The first-order valence-corrected chi connectivity index (χ1v) is 6.80. The zero-order valence-electron chi connectivity index (χ0n) is 11.5. The number of carboxylic acid groups (broad SMARTS) is 1. The van der Waals surface area contributed by atoms with Crippen LogP contribution < -0.4 is 10.1 Å². The second-order valence-corrected chi connectivity index (χ2v) is 5.24. The fraction of sp³-hybridized carbons (Fsp3) is 0.429. The molecule has 1 heterocycles. The highest BCUT2D eigenvalue weighted by Gasteiger charge is 2.43. The van der Waals surface area contributed by atoms with Gasteiger partial charge in [0.25, 0.3) is 0 Å². The minimum Gasteiger partial charge on any atom is -0.496 e. The van der Waals surface area contributed by atoms with E-state index in [1.165, 1.54) is 7.11 Å². The minimum atomic E-state index is -1.36. The average molecular weight is 314 g/mol. The quantitative estimate of drug-likeness (QED) is 0.854. The normalized spacial score (nSPS) is 21.0. The van der Waals surface area contributed by atoms with E-state index in [0.717, 1.165) is 0 Å². The molecule has 1 fully saturated rings. The van der Waals surface area contributed by atoms with Crippen LogP contribution in [0.3, 0.4) is 0 Å². The fourth-order valence-electron chi connectivity index (χ4n) is 2.26. The summed E-state index contributed by atoms with van der Waals surface area (Å²) in [5.74, 6) is -1.04. The molecular weight excluding hydrogens is 298 g/mol. The molecule has 0 saturated carbocycles. The van der Waals surface area contributed by atoms with Gasteiger partial charge in [-0.15, -0.1) is 0 Å². The number of halogens is 1. The topological polar surface area (TPSA) is 84.9 Å². The first-order chi connectivity index (χ1) is 9.98. The molecule has 1 aliphatic heterocycles. The van der Waals surface area contributed by atoms with Gasteiger partial charge in [-0.25, -0.2) is 4.79 Å². The Morgan fingerprint density at radius 1 is 1.52 bits per heavy atom. The maximum atomic E-state index is 12.2. The van der Waals surface area contributed by atoms with Gasteiger partial charge in [-0.3, -0.25) is 4.79 Å². The Balaban J connectivity index is 2.14. The Morgan fingerprint density at radius 3 is 2.86 bits per heavy atom. The number of hydrogen-bond donors (Lipinski definition) is 2. The molecule has 1 saturated heterocycles. The van der Waals surface area contributed by atoms with E-state index >= 15 is 0 Å². The molecule has 21 heavy (non-hydrogen) atoms. The van der Waals surface area contributed by atoms with Gasteiger partial charge < -0.3 is 19.9 Å². The summed E-state index contributed by atoms with van der Waals surface area (Å²) in [5, 5.41) is 12.2. The van der Waals surface area contributed by atoms with Crippen LogP contribution in [0.4, 0.5) is 0 Å². The second kappa shape index (κ2) is 6.32. The van der Waals surface area contributed by atoms with Crippen LogP contribution in [-0.2, 0) is 20.7 Å². The highest BCUT2D eigenvalue weighted by Crippen LogP contribution is 2.27. The number of carboxylic acids is 1. The molecule has 1 aromatic rings. The standard InChI is InChI=1S/C14H16ClNO5/c1-20-11-4-2-3-10(15)9(11)7-12(17)16-14(13(18)19)5-6-21-8-14/h2-4H,5-8H2,1H3,(H,16,17)(H,18,19). The van der Waals surface area contributed by atoms with Gasteiger partial charge in [-0.2, -0.15) is 0 Å². The smallest absolute Gasteiger partial charge is 0.331 e. The van der Waals surface area contributed by atoms with Crippen molar-refractivity contribution in [3.8, 4) is 5.75 Å². The van der Waals surface area contributed by atoms with Gasteiger partial charge >= 0.3 is 5.97 Å². The average Bonchev–Trinajstić information content (AvgIpc) is 2.91. The lowest BCUT2D eigenvalue weighted by molar-refractivity contribution is -0.147. The number of amides is 1. The highest BCUT2D eigenvalue weighted by molar-refractivity contribution is 6.31. The van der Waals surface area contributed by atoms with Gasteiger partial charge in [-0.05, 0) is 12.1 Å². The summed E-state index contributed by atoms with van der Waals surface area (Å²) in [7, 11) is 1.48. The number of ether oxygens (including phenoxy) is 2. The lowest BCUT2D eigenvalue weighted by Gasteiger charge is -2.24. The van der Waals surface area contributed by atoms with Crippen molar-refractivity contribution in [3.05, 3.63) is 28.8 Å². The Kier molecular flexibility index (Phi) is 4.69. The second-order valence-electron chi connectivity index (χ2n) is 4.84. The Morgan fingerprint density at radius 2 is 2.29 bits per heavy atom. The van der Waals surface area contributed by atoms with Crippen molar-refractivity contribution in [1.29, 1.82) is 0 Å². The number of aliphatic carboxylic acids is 1. The molecule has 1 unspecified atom stereocenters.